The van der Waals surface area contributed by atoms with E-state index in [4.69, 9.17) is 0 Å². The smallest absolute Gasteiger partial charge is 0.227 e. The second-order valence-corrected chi connectivity index (χ2v) is 6.26. The summed E-state index contributed by atoms with van der Waals surface area (Å²) in [5.41, 5.74) is 3.23. The van der Waals surface area contributed by atoms with Crippen LogP contribution in [0.1, 0.15) is 24.8 Å². The molecule has 0 aliphatic carbocycles. The molecule has 1 aliphatic rings. The topological polar surface area (TPSA) is 54.0 Å². The van der Waals surface area contributed by atoms with Crippen molar-refractivity contribution in [3.8, 4) is 11.3 Å². The second kappa shape index (κ2) is 6.37. The Morgan fingerprint density at radius 3 is 3.10 bits per heavy atom. The maximum atomic E-state index is 12.0. The number of aromatic nitrogens is 1. The molecule has 0 radical (unpaired) electrons. The minimum Gasteiger partial charge on any atom is -0.313 e. The molecule has 110 valence electrons. The van der Waals surface area contributed by atoms with Crippen LogP contribution >= 0.6 is 11.3 Å². The van der Waals surface area contributed by atoms with E-state index in [1.165, 1.54) is 16.9 Å². The van der Waals surface area contributed by atoms with E-state index in [1.807, 2.05) is 17.5 Å². The quantitative estimate of drug-likeness (QED) is 0.912. The Labute approximate surface area is 128 Å². The van der Waals surface area contributed by atoms with E-state index in [-0.39, 0.29) is 5.91 Å². The Bertz CT molecular complexity index is 632. The monoisotopic (exact) mass is 301 g/mol. The van der Waals surface area contributed by atoms with E-state index in [9.17, 15) is 4.79 Å². The van der Waals surface area contributed by atoms with Crippen LogP contribution in [0.4, 0.5) is 5.13 Å². The van der Waals surface area contributed by atoms with Crippen LogP contribution in [0.3, 0.4) is 0 Å². The van der Waals surface area contributed by atoms with Gasteiger partial charge in [-0.05, 0) is 31.9 Å². The molecule has 1 atom stereocenters. The third-order valence-electron chi connectivity index (χ3n) is 3.77. The summed E-state index contributed by atoms with van der Waals surface area (Å²) < 4.78 is 0. The summed E-state index contributed by atoms with van der Waals surface area (Å²) in [6.07, 6.45) is 2.77. The molecule has 3 rings (SSSR count). The minimum atomic E-state index is 0.0417. The van der Waals surface area contributed by atoms with Crippen LogP contribution in [0.15, 0.2) is 29.6 Å². The van der Waals surface area contributed by atoms with Crippen LogP contribution in [0.25, 0.3) is 11.3 Å². The van der Waals surface area contributed by atoms with Gasteiger partial charge in [-0.2, -0.15) is 0 Å². The van der Waals surface area contributed by atoms with E-state index in [0.29, 0.717) is 17.6 Å². The van der Waals surface area contributed by atoms with Crippen LogP contribution in [0.5, 0.6) is 0 Å². The standard InChI is InChI=1S/C16H19N3OS/c1-11-5-2-3-7-13(11)14-10-21-16(18-14)19-15(20)9-12-6-4-8-17-12/h2-3,5,7,10,12,17H,4,6,8-9H2,1H3,(H,18,19,20). The van der Waals surface area contributed by atoms with Crippen molar-refractivity contribution in [1.29, 1.82) is 0 Å². The predicted octanol–water partition coefficient (Wildman–Crippen LogP) is 3.20. The molecular formula is C16H19N3OS. The molecule has 0 spiro atoms. The number of benzene rings is 1. The average Bonchev–Trinajstić information content (AvgIpc) is 3.11. The fourth-order valence-corrected chi connectivity index (χ4v) is 3.37. The molecule has 0 bridgehead atoms. The normalized spacial score (nSPS) is 17.9. The molecular weight excluding hydrogens is 282 g/mol. The third-order valence-corrected chi connectivity index (χ3v) is 4.52. The molecule has 5 heteroatoms. The predicted molar refractivity (Wildman–Crippen MR) is 86.6 cm³/mol. The van der Waals surface area contributed by atoms with Gasteiger partial charge in [0.05, 0.1) is 5.69 Å². The Hall–Kier alpha value is -1.72. The molecule has 1 unspecified atom stereocenters. The number of carbonyl (C=O) groups excluding carboxylic acids is 1. The first-order valence-corrected chi connectivity index (χ1v) is 8.15. The van der Waals surface area contributed by atoms with Gasteiger partial charge in [-0.3, -0.25) is 4.79 Å². The molecule has 1 aromatic heterocycles. The first-order chi connectivity index (χ1) is 10.2. The number of thiazole rings is 1. The zero-order chi connectivity index (χ0) is 14.7. The molecule has 1 aromatic carbocycles. The van der Waals surface area contributed by atoms with Crippen molar-refractivity contribution in [2.24, 2.45) is 0 Å². The highest BCUT2D eigenvalue weighted by Gasteiger charge is 2.18. The Balaban J connectivity index is 1.65. The van der Waals surface area contributed by atoms with Gasteiger partial charge >= 0.3 is 0 Å². The lowest BCUT2D eigenvalue weighted by molar-refractivity contribution is -0.116. The lowest BCUT2D eigenvalue weighted by atomic mass is 10.1. The molecule has 1 fully saturated rings. The maximum absolute atomic E-state index is 12.0. The fourth-order valence-electron chi connectivity index (χ4n) is 2.64. The van der Waals surface area contributed by atoms with Gasteiger partial charge in [0.1, 0.15) is 0 Å². The molecule has 1 amide bonds. The van der Waals surface area contributed by atoms with Gasteiger partial charge in [-0.25, -0.2) is 4.98 Å². The maximum Gasteiger partial charge on any atom is 0.227 e. The van der Waals surface area contributed by atoms with E-state index in [2.05, 4.69) is 34.7 Å². The lowest BCUT2D eigenvalue weighted by Crippen LogP contribution is -2.27. The number of rotatable bonds is 4. The van der Waals surface area contributed by atoms with E-state index >= 15 is 0 Å². The van der Waals surface area contributed by atoms with Crippen LogP contribution in [-0.2, 0) is 4.79 Å². The summed E-state index contributed by atoms with van der Waals surface area (Å²) in [6, 6.07) is 8.46. The van der Waals surface area contributed by atoms with Gasteiger partial charge in [0.2, 0.25) is 5.91 Å². The average molecular weight is 301 g/mol. The molecule has 2 heterocycles. The summed E-state index contributed by atoms with van der Waals surface area (Å²) in [6.45, 7) is 3.09. The first-order valence-electron chi connectivity index (χ1n) is 7.27. The van der Waals surface area contributed by atoms with Crippen LogP contribution in [0.2, 0.25) is 0 Å². The summed E-state index contributed by atoms with van der Waals surface area (Å²) >= 11 is 1.48. The van der Waals surface area contributed by atoms with Crippen molar-refractivity contribution in [1.82, 2.24) is 10.3 Å². The zero-order valence-electron chi connectivity index (χ0n) is 12.1. The number of carbonyl (C=O) groups is 1. The molecule has 4 nitrogen and oxygen atoms in total. The number of hydrogen-bond donors (Lipinski definition) is 2. The minimum absolute atomic E-state index is 0.0417. The summed E-state index contributed by atoms with van der Waals surface area (Å²) in [4.78, 5) is 16.5. The van der Waals surface area contributed by atoms with Crippen LogP contribution in [0, 0.1) is 6.92 Å². The molecule has 2 N–H and O–H groups in total. The van der Waals surface area contributed by atoms with E-state index < -0.39 is 0 Å². The Morgan fingerprint density at radius 2 is 2.33 bits per heavy atom. The summed E-state index contributed by atoms with van der Waals surface area (Å²) in [5.74, 6) is 0.0417. The van der Waals surface area contributed by atoms with Gasteiger partial charge in [-0.1, -0.05) is 24.3 Å². The summed E-state index contributed by atoms with van der Waals surface area (Å²) in [5, 5.41) is 8.91. The van der Waals surface area contributed by atoms with E-state index in [1.54, 1.807) is 0 Å². The first kappa shape index (κ1) is 14.2. The van der Waals surface area contributed by atoms with Crippen molar-refractivity contribution in [2.75, 3.05) is 11.9 Å². The zero-order valence-corrected chi connectivity index (χ0v) is 12.9. The van der Waals surface area contributed by atoms with Gasteiger partial charge in [-0.15, -0.1) is 11.3 Å². The van der Waals surface area contributed by atoms with Crippen molar-refractivity contribution >= 4 is 22.4 Å². The number of hydrogen-bond acceptors (Lipinski definition) is 4. The molecule has 0 saturated carbocycles. The second-order valence-electron chi connectivity index (χ2n) is 5.40. The van der Waals surface area contributed by atoms with E-state index in [0.717, 1.165) is 30.6 Å². The van der Waals surface area contributed by atoms with Crippen LogP contribution < -0.4 is 10.6 Å². The highest BCUT2D eigenvalue weighted by molar-refractivity contribution is 7.14. The number of amides is 1. The van der Waals surface area contributed by atoms with Crippen molar-refractivity contribution in [2.45, 2.75) is 32.2 Å². The molecule has 2 aromatic rings. The van der Waals surface area contributed by atoms with Gasteiger partial charge in [0.15, 0.2) is 5.13 Å². The highest BCUT2D eigenvalue weighted by Crippen LogP contribution is 2.27. The largest absolute Gasteiger partial charge is 0.313 e. The Morgan fingerprint density at radius 1 is 1.48 bits per heavy atom. The van der Waals surface area contributed by atoms with Gasteiger partial charge in [0, 0.05) is 23.4 Å². The molecule has 21 heavy (non-hydrogen) atoms. The number of nitrogens with zero attached hydrogens (tertiary/aromatic N) is 1. The lowest BCUT2D eigenvalue weighted by Gasteiger charge is -2.08. The number of nitrogens with one attached hydrogen (secondary N) is 2. The van der Waals surface area contributed by atoms with Crippen molar-refractivity contribution in [3.05, 3.63) is 35.2 Å². The third kappa shape index (κ3) is 3.49. The summed E-state index contributed by atoms with van der Waals surface area (Å²) in [7, 11) is 0. The van der Waals surface area contributed by atoms with Gasteiger partial charge < -0.3 is 10.6 Å². The van der Waals surface area contributed by atoms with Crippen LogP contribution in [-0.4, -0.2) is 23.5 Å². The molecule has 1 saturated heterocycles. The van der Waals surface area contributed by atoms with Crippen molar-refractivity contribution in [3.63, 3.8) is 0 Å². The molecule has 1 aliphatic heterocycles. The van der Waals surface area contributed by atoms with Crippen molar-refractivity contribution < 1.29 is 4.79 Å². The highest BCUT2D eigenvalue weighted by atomic mass is 32.1. The Kier molecular flexibility index (Phi) is 4.31. The number of anilines is 1. The number of aryl methyl sites for hydroxylation is 1. The fraction of sp³-hybridized carbons (Fsp3) is 0.375. The SMILES string of the molecule is Cc1ccccc1-c1csc(NC(=O)CC2CCCN2)n1. The van der Waals surface area contributed by atoms with Gasteiger partial charge in [0.25, 0.3) is 0 Å².